The van der Waals surface area contributed by atoms with Gasteiger partial charge in [-0.3, -0.25) is 0 Å². The molecule has 19 heavy (non-hydrogen) atoms. The number of ether oxygens (including phenoxy) is 1. The zero-order chi connectivity index (χ0) is 13.7. The van der Waals surface area contributed by atoms with Crippen LogP contribution in [0.15, 0.2) is 54.6 Å². The van der Waals surface area contributed by atoms with Crippen molar-refractivity contribution in [3.05, 3.63) is 71.6 Å². The van der Waals surface area contributed by atoms with E-state index in [0.29, 0.717) is 5.75 Å². The number of carbonyl (C=O) groups excluding carboxylic acids is 1. The third-order valence-electron chi connectivity index (χ3n) is 2.52. The molecule has 0 heterocycles. The molecule has 2 aromatic carbocycles. The minimum atomic E-state index is -0.465. The van der Waals surface area contributed by atoms with Gasteiger partial charge in [0.1, 0.15) is 11.6 Å². The van der Waals surface area contributed by atoms with Crippen LogP contribution >= 0.6 is 0 Å². The zero-order valence-electron chi connectivity index (χ0n) is 10.5. The molecule has 0 atom stereocenters. The van der Waals surface area contributed by atoms with Crippen molar-refractivity contribution < 1.29 is 13.9 Å². The predicted octanol–water partition coefficient (Wildman–Crippen LogP) is 3.75. The van der Waals surface area contributed by atoms with Gasteiger partial charge in [-0.05, 0) is 42.8 Å². The van der Waals surface area contributed by atoms with Crippen molar-refractivity contribution in [2.24, 2.45) is 0 Å². The van der Waals surface area contributed by atoms with Crippen LogP contribution in [0.1, 0.15) is 11.1 Å². The van der Waals surface area contributed by atoms with Crippen molar-refractivity contribution in [3.63, 3.8) is 0 Å². The molecule has 0 N–H and O–H groups in total. The largest absolute Gasteiger partial charge is 0.423 e. The first kappa shape index (κ1) is 13.0. The molecule has 0 fully saturated rings. The number of rotatable bonds is 3. The Bertz CT molecular complexity index is 583. The molecule has 2 rings (SSSR count). The second-order valence-electron chi connectivity index (χ2n) is 4.12. The fourth-order valence-electron chi connectivity index (χ4n) is 1.49. The summed E-state index contributed by atoms with van der Waals surface area (Å²) in [5.41, 5.74) is 1.84. The van der Waals surface area contributed by atoms with Crippen molar-refractivity contribution in [1.29, 1.82) is 0 Å². The zero-order valence-corrected chi connectivity index (χ0v) is 10.5. The first-order valence-electron chi connectivity index (χ1n) is 5.85. The predicted molar refractivity (Wildman–Crippen MR) is 72.2 cm³/mol. The third kappa shape index (κ3) is 4.07. The summed E-state index contributed by atoms with van der Waals surface area (Å²) in [6.07, 6.45) is 2.89. The highest BCUT2D eigenvalue weighted by atomic mass is 19.1. The summed E-state index contributed by atoms with van der Waals surface area (Å²) in [6, 6.07) is 13.1. The highest BCUT2D eigenvalue weighted by molar-refractivity contribution is 5.88. The first-order valence-corrected chi connectivity index (χ1v) is 5.85. The fraction of sp³-hybridized carbons (Fsp3) is 0.0625. The fourth-order valence-corrected chi connectivity index (χ4v) is 1.49. The van der Waals surface area contributed by atoms with Crippen LogP contribution in [0.2, 0.25) is 0 Å². The van der Waals surface area contributed by atoms with E-state index in [1.165, 1.54) is 18.2 Å². The van der Waals surface area contributed by atoms with Gasteiger partial charge < -0.3 is 4.74 Å². The van der Waals surface area contributed by atoms with E-state index in [2.05, 4.69) is 0 Å². The summed E-state index contributed by atoms with van der Waals surface area (Å²) in [6.45, 7) is 1.96. The van der Waals surface area contributed by atoms with Crippen LogP contribution in [-0.2, 0) is 4.79 Å². The molecule has 0 radical (unpaired) electrons. The quantitative estimate of drug-likeness (QED) is 0.475. The molecule has 0 aliphatic carbocycles. The molecule has 0 aliphatic heterocycles. The highest BCUT2D eigenvalue weighted by Crippen LogP contribution is 2.12. The van der Waals surface area contributed by atoms with E-state index < -0.39 is 5.97 Å². The van der Waals surface area contributed by atoms with E-state index in [1.54, 1.807) is 30.3 Å². The summed E-state index contributed by atoms with van der Waals surface area (Å²) >= 11 is 0. The average molecular weight is 256 g/mol. The van der Waals surface area contributed by atoms with E-state index >= 15 is 0 Å². The molecule has 96 valence electrons. The lowest BCUT2D eigenvalue weighted by atomic mass is 10.2. The topological polar surface area (TPSA) is 26.3 Å². The van der Waals surface area contributed by atoms with Gasteiger partial charge in [-0.15, -0.1) is 0 Å². The van der Waals surface area contributed by atoms with Crippen molar-refractivity contribution in [1.82, 2.24) is 0 Å². The van der Waals surface area contributed by atoms with Crippen LogP contribution in [0, 0.1) is 12.7 Å². The highest BCUT2D eigenvalue weighted by Gasteiger charge is 1.99. The summed E-state index contributed by atoms with van der Waals surface area (Å²) in [5.74, 6) is -0.271. The maximum atomic E-state index is 12.7. The van der Waals surface area contributed by atoms with Gasteiger partial charge in [0.05, 0.1) is 0 Å². The Labute approximate surface area is 111 Å². The van der Waals surface area contributed by atoms with E-state index in [0.717, 1.165) is 11.1 Å². The van der Waals surface area contributed by atoms with Gasteiger partial charge in [-0.1, -0.05) is 29.8 Å². The average Bonchev–Trinajstić information content (AvgIpc) is 2.41. The lowest BCUT2D eigenvalue weighted by Gasteiger charge is -2.01. The van der Waals surface area contributed by atoms with E-state index in [-0.39, 0.29) is 5.82 Å². The van der Waals surface area contributed by atoms with Crippen LogP contribution in [0.5, 0.6) is 5.75 Å². The van der Waals surface area contributed by atoms with Gasteiger partial charge in [-0.2, -0.15) is 0 Å². The molecule has 0 amide bonds. The van der Waals surface area contributed by atoms with Crippen LogP contribution < -0.4 is 4.74 Å². The molecule has 0 saturated heterocycles. The van der Waals surface area contributed by atoms with Crippen molar-refractivity contribution >= 4 is 12.0 Å². The van der Waals surface area contributed by atoms with E-state index in [4.69, 9.17) is 4.74 Å². The number of hydrogen-bond donors (Lipinski definition) is 0. The number of aryl methyl sites for hydroxylation is 1. The second-order valence-corrected chi connectivity index (χ2v) is 4.12. The van der Waals surface area contributed by atoms with Crippen LogP contribution in [0.25, 0.3) is 6.08 Å². The van der Waals surface area contributed by atoms with Gasteiger partial charge in [-0.25, -0.2) is 9.18 Å². The number of esters is 1. The Hall–Kier alpha value is -2.42. The summed E-state index contributed by atoms with van der Waals surface area (Å²) in [4.78, 5) is 11.6. The Morgan fingerprint density at radius 3 is 2.32 bits per heavy atom. The molecule has 2 nitrogen and oxygen atoms in total. The normalized spacial score (nSPS) is 10.6. The van der Waals surface area contributed by atoms with Crippen molar-refractivity contribution in [2.75, 3.05) is 0 Å². The minimum Gasteiger partial charge on any atom is -0.423 e. The van der Waals surface area contributed by atoms with Gasteiger partial charge in [0.15, 0.2) is 0 Å². The SMILES string of the molecule is Cc1ccc(OC(=O)/C=C/c2ccc(F)cc2)cc1. The minimum absolute atomic E-state index is 0.306. The number of hydrogen-bond acceptors (Lipinski definition) is 2. The standard InChI is InChI=1S/C16H13FO2/c1-12-2-9-15(10-3-12)19-16(18)11-6-13-4-7-14(17)8-5-13/h2-11H,1H3/b11-6+. The summed E-state index contributed by atoms with van der Waals surface area (Å²) in [5, 5.41) is 0. The molecular formula is C16H13FO2. The van der Waals surface area contributed by atoms with Gasteiger partial charge in [0, 0.05) is 6.08 Å². The second kappa shape index (κ2) is 5.96. The van der Waals surface area contributed by atoms with Gasteiger partial charge in [0.2, 0.25) is 0 Å². The molecule has 0 aliphatic rings. The van der Waals surface area contributed by atoms with Crippen LogP contribution in [0.3, 0.4) is 0 Å². The Morgan fingerprint density at radius 2 is 1.68 bits per heavy atom. The lowest BCUT2D eigenvalue weighted by Crippen LogP contribution is -2.03. The van der Waals surface area contributed by atoms with Gasteiger partial charge >= 0.3 is 5.97 Å². The van der Waals surface area contributed by atoms with Crippen LogP contribution in [-0.4, -0.2) is 5.97 Å². The molecule has 0 aromatic heterocycles. The third-order valence-corrected chi connectivity index (χ3v) is 2.52. The molecule has 2 aromatic rings. The Kier molecular flexibility index (Phi) is 4.08. The number of halogens is 1. The van der Waals surface area contributed by atoms with Gasteiger partial charge in [0.25, 0.3) is 0 Å². The monoisotopic (exact) mass is 256 g/mol. The molecule has 3 heteroatoms. The number of carbonyl (C=O) groups is 1. The Balaban J connectivity index is 1.97. The van der Waals surface area contributed by atoms with Crippen LogP contribution in [0.4, 0.5) is 4.39 Å². The molecule has 0 saturated carbocycles. The summed E-state index contributed by atoms with van der Waals surface area (Å²) < 4.78 is 17.8. The maximum absolute atomic E-state index is 12.7. The number of benzene rings is 2. The maximum Gasteiger partial charge on any atom is 0.336 e. The van der Waals surface area contributed by atoms with E-state index in [1.807, 2.05) is 19.1 Å². The Morgan fingerprint density at radius 1 is 1.05 bits per heavy atom. The molecular weight excluding hydrogens is 243 g/mol. The molecule has 0 unspecified atom stereocenters. The molecule has 0 bridgehead atoms. The first-order chi connectivity index (χ1) is 9.13. The van der Waals surface area contributed by atoms with Crippen molar-refractivity contribution in [3.8, 4) is 5.75 Å². The summed E-state index contributed by atoms with van der Waals surface area (Å²) in [7, 11) is 0. The lowest BCUT2D eigenvalue weighted by molar-refractivity contribution is -0.128. The smallest absolute Gasteiger partial charge is 0.336 e. The van der Waals surface area contributed by atoms with E-state index in [9.17, 15) is 9.18 Å². The molecule has 0 spiro atoms. The van der Waals surface area contributed by atoms with Crippen molar-refractivity contribution in [2.45, 2.75) is 6.92 Å².